The number of pyridine rings is 1. The van der Waals surface area contributed by atoms with E-state index in [-0.39, 0.29) is 0 Å². The van der Waals surface area contributed by atoms with Crippen LogP contribution in [0.3, 0.4) is 0 Å². The Hall–Kier alpha value is -1.19. The van der Waals surface area contributed by atoms with Crippen molar-refractivity contribution >= 4 is 11.3 Å². The maximum Gasteiger partial charge on any atom is 0.130 e. The summed E-state index contributed by atoms with van der Waals surface area (Å²) in [4.78, 5) is 5.02. The molecule has 0 aliphatic carbocycles. The summed E-state index contributed by atoms with van der Waals surface area (Å²) in [7, 11) is 0. The first-order valence-electron chi connectivity index (χ1n) is 4.00. The van der Waals surface area contributed by atoms with Crippen LogP contribution in [-0.2, 0) is 0 Å². The van der Waals surface area contributed by atoms with Crippen LogP contribution >= 0.6 is 11.3 Å². The predicted molar refractivity (Wildman–Crippen MR) is 52.6 cm³/mol. The Balaban J connectivity index is 2.29. The second kappa shape index (κ2) is 3.68. The number of thiophene rings is 1. The van der Waals surface area contributed by atoms with Crippen molar-refractivity contribution in [1.29, 1.82) is 0 Å². The van der Waals surface area contributed by atoms with E-state index >= 15 is 0 Å². The van der Waals surface area contributed by atoms with Crippen LogP contribution in [0.5, 0.6) is 0 Å². The third-order valence-electron chi connectivity index (χ3n) is 1.78. The molecular weight excluding hydrogens is 182 g/mol. The summed E-state index contributed by atoms with van der Waals surface area (Å²) in [5, 5.41) is 11.8. The van der Waals surface area contributed by atoms with Gasteiger partial charge >= 0.3 is 0 Å². The van der Waals surface area contributed by atoms with Crippen molar-refractivity contribution in [3.63, 3.8) is 0 Å². The first-order chi connectivity index (χ1) is 6.38. The summed E-state index contributed by atoms with van der Waals surface area (Å²) < 4.78 is 0. The summed E-state index contributed by atoms with van der Waals surface area (Å²) in [6.07, 6.45) is 1.10. The van der Waals surface area contributed by atoms with Crippen LogP contribution in [-0.4, -0.2) is 10.1 Å². The van der Waals surface area contributed by atoms with Gasteiger partial charge in [0.2, 0.25) is 0 Å². The van der Waals surface area contributed by atoms with E-state index < -0.39 is 6.10 Å². The van der Waals surface area contributed by atoms with E-state index in [0.717, 1.165) is 4.88 Å². The lowest BCUT2D eigenvalue weighted by Gasteiger charge is -2.06. The van der Waals surface area contributed by atoms with Crippen molar-refractivity contribution in [3.8, 4) is 0 Å². The fourth-order valence-electron chi connectivity index (χ4n) is 1.13. The standard InChI is InChI=1S/C10H9NOS/c12-10(9-5-3-7-13-9)8-4-1-2-6-11-8/h1-7,10,12H/t10-/m1/s1. The Bertz CT molecular complexity index is 358. The molecule has 2 heterocycles. The summed E-state index contributed by atoms with van der Waals surface area (Å²) >= 11 is 1.54. The Morgan fingerprint density at radius 2 is 2.15 bits per heavy atom. The minimum atomic E-state index is -0.582. The molecule has 0 radical (unpaired) electrons. The van der Waals surface area contributed by atoms with Crippen molar-refractivity contribution < 1.29 is 5.11 Å². The third kappa shape index (κ3) is 1.76. The molecule has 0 unspecified atom stereocenters. The molecule has 0 amide bonds. The quantitative estimate of drug-likeness (QED) is 0.789. The Labute approximate surface area is 80.5 Å². The Kier molecular flexibility index (Phi) is 2.38. The van der Waals surface area contributed by atoms with E-state index in [2.05, 4.69) is 4.98 Å². The number of aliphatic hydroxyl groups excluding tert-OH is 1. The van der Waals surface area contributed by atoms with Gasteiger partial charge in [-0.3, -0.25) is 4.98 Å². The highest BCUT2D eigenvalue weighted by Gasteiger charge is 2.11. The molecular formula is C10H9NOS. The molecule has 2 aromatic rings. The summed E-state index contributed by atoms with van der Waals surface area (Å²) in [6.45, 7) is 0. The molecule has 0 spiro atoms. The fourth-order valence-corrected chi connectivity index (χ4v) is 1.85. The molecule has 0 fully saturated rings. The zero-order chi connectivity index (χ0) is 9.10. The molecule has 0 aliphatic heterocycles. The van der Waals surface area contributed by atoms with Crippen molar-refractivity contribution in [3.05, 3.63) is 52.5 Å². The molecule has 0 bridgehead atoms. The summed E-state index contributed by atoms with van der Waals surface area (Å²) in [6, 6.07) is 9.37. The number of rotatable bonds is 2. The smallest absolute Gasteiger partial charge is 0.130 e. The number of aromatic nitrogens is 1. The highest BCUT2D eigenvalue weighted by Crippen LogP contribution is 2.23. The average Bonchev–Trinajstić information content (AvgIpc) is 2.71. The van der Waals surface area contributed by atoms with Crippen LogP contribution in [0, 0.1) is 0 Å². The first-order valence-corrected chi connectivity index (χ1v) is 4.88. The van der Waals surface area contributed by atoms with Gasteiger partial charge in [0.05, 0.1) is 5.69 Å². The van der Waals surface area contributed by atoms with Crippen LogP contribution in [0.1, 0.15) is 16.7 Å². The van der Waals surface area contributed by atoms with Crippen molar-refractivity contribution in [2.45, 2.75) is 6.10 Å². The molecule has 2 nitrogen and oxygen atoms in total. The highest BCUT2D eigenvalue weighted by atomic mass is 32.1. The van der Waals surface area contributed by atoms with Crippen LogP contribution < -0.4 is 0 Å². The van der Waals surface area contributed by atoms with E-state index in [4.69, 9.17) is 0 Å². The SMILES string of the molecule is O[C@H](c1ccccn1)c1cccs1. The molecule has 13 heavy (non-hydrogen) atoms. The molecule has 0 saturated heterocycles. The zero-order valence-electron chi connectivity index (χ0n) is 6.92. The van der Waals surface area contributed by atoms with Gasteiger partial charge in [0.15, 0.2) is 0 Å². The van der Waals surface area contributed by atoms with E-state index in [1.807, 2.05) is 35.7 Å². The lowest BCUT2D eigenvalue weighted by Crippen LogP contribution is -1.98. The number of hydrogen-bond acceptors (Lipinski definition) is 3. The maximum absolute atomic E-state index is 9.83. The molecule has 0 aromatic carbocycles. The van der Waals surface area contributed by atoms with Crippen LogP contribution in [0.25, 0.3) is 0 Å². The zero-order valence-corrected chi connectivity index (χ0v) is 7.74. The first kappa shape index (κ1) is 8.41. The van der Waals surface area contributed by atoms with Gasteiger partial charge in [-0.2, -0.15) is 0 Å². The van der Waals surface area contributed by atoms with Crippen LogP contribution in [0.15, 0.2) is 41.9 Å². The van der Waals surface area contributed by atoms with Gasteiger partial charge < -0.3 is 5.11 Å². The minimum absolute atomic E-state index is 0.582. The molecule has 3 heteroatoms. The van der Waals surface area contributed by atoms with E-state index in [1.54, 1.807) is 6.20 Å². The van der Waals surface area contributed by atoms with Gasteiger partial charge in [-0.25, -0.2) is 0 Å². The molecule has 2 rings (SSSR count). The number of hydrogen-bond donors (Lipinski definition) is 1. The molecule has 2 aromatic heterocycles. The molecule has 0 saturated carbocycles. The van der Waals surface area contributed by atoms with Crippen LogP contribution in [0.4, 0.5) is 0 Å². The van der Waals surface area contributed by atoms with Gasteiger partial charge in [-0.15, -0.1) is 11.3 Å². The van der Waals surface area contributed by atoms with Gasteiger partial charge in [0, 0.05) is 11.1 Å². The summed E-state index contributed by atoms with van der Waals surface area (Å²) in [5.74, 6) is 0. The summed E-state index contributed by atoms with van der Waals surface area (Å²) in [5.41, 5.74) is 0.699. The molecule has 1 N–H and O–H groups in total. The van der Waals surface area contributed by atoms with E-state index in [9.17, 15) is 5.11 Å². The minimum Gasteiger partial charge on any atom is -0.381 e. The molecule has 66 valence electrons. The lowest BCUT2D eigenvalue weighted by molar-refractivity contribution is 0.219. The maximum atomic E-state index is 9.83. The second-order valence-electron chi connectivity index (χ2n) is 2.67. The van der Waals surface area contributed by atoms with Gasteiger partial charge in [-0.05, 0) is 23.6 Å². The van der Waals surface area contributed by atoms with Gasteiger partial charge in [-0.1, -0.05) is 12.1 Å². The Morgan fingerprint density at radius 3 is 2.77 bits per heavy atom. The number of aliphatic hydroxyl groups is 1. The largest absolute Gasteiger partial charge is 0.381 e. The fraction of sp³-hybridized carbons (Fsp3) is 0.100. The van der Waals surface area contributed by atoms with Crippen molar-refractivity contribution in [1.82, 2.24) is 4.98 Å². The molecule has 0 aliphatic rings. The average molecular weight is 191 g/mol. The van der Waals surface area contributed by atoms with E-state index in [1.165, 1.54) is 11.3 Å². The van der Waals surface area contributed by atoms with Gasteiger partial charge in [0.1, 0.15) is 6.10 Å². The van der Waals surface area contributed by atoms with Crippen molar-refractivity contribution in [2.75, 3.05) is 0 Å². The normalized spacial score (nSPS) is 12.7. The van der Waals surface area contributed by atoms with Gasteiger partial charge in [0.25, 0.3) is 0 Å². The van der Waals surface area contributed by atoms with Crippen molar-refractivity contribution in [2.24, 2.45) is 0 Å². The topological polar surface area (TPSA) is 33.1 Å². The van der Waals surface area contributed by atoms with E-state index in [0.29, 0.717) is 5.69 Å². The predicted octanol–water partition coefficient (Wildman–Crippen LogP) is 2.22. The lowest BCUT2D eigenvalue weighted by atomic mass is 10.2. The molecule has 1 atom stereocenters. The Morgan fingerprint density at radius 1 is 1.23 bits per heavy atom. The number of nitrogens with zero attached hydrogens (tertiary/aromatic N) is 1. The third-order valence-corrected chi connectivity index (χ3v) is 2.71. The van der Waals surface area contributed by atoms with Crippen LogP contribution in [0.2, 0.25) is 0 Å². The highest BCUT2D eigenvalue weighted by molar-refractivity contribution is 7.10. The monoisotopic (exact) mass is 191 g/mol. The second-order valence-corrected chi connectivity index (χ2v) is 3.65.